The minimum Gasteiger partial charge on any atom is -0.357 e. The molecule has 1 unspecified atom stereocenters. The number of nitrogens with one attached hydrogen (secondary N) is 3. The van der Waals surface area contributed by atoms with E-state index in [-0.39, 0.29) is 29.9 Å². The number of aromatic amines is 1. The number of halogens is 1. The number of thiazole rings is 1. The maximum Gasteiger partial charge on any atom is 0.278 e. The minimum absolute atomic E-state index is 0.106. The van der Waals surface area contributed by atoms with Gasteiger partial charge in [-0.2, -0.15) is 5.10 Å². The summed E-state index contributed by atoms with van der Waals surface area (Å²) in [7, 11) is 0. The Morgan fingerprint density at radius 3 is 2.59 bits per heavy atom. The second-order valence-electron chi connectivity index (χ2n) is 8.82. The molecule has 0 bridgehead atoms. The zero-order chi connectivity index (χ0) is 29.9. The predicted octanol–water partition coefficient (Wildman–Crippen LogP) is 5.43. The summed E-state index contributed by atoms with van der Waals surface area (Å²) in [5.74, 6) is -1.08. The highest BCUT2D eigenvalue weighted by molar-refractivity contribution is 7.19. The van der Waals surface area contributed by atoms with Gasteiger partial charge >= 0.3 is 0 Å². The molecule has 5 rings (SSSR count). The van der Waals surface area contributed by atoms with Crippen molar-refractivity contribution in [3.63, 3.8) is 0 Å². The maximum absolute atomic E-state index is 13.4. The summed E-state index contributed by atoms with van der Waals surface area (Å²) in [6.45, 7) is 14.2. The van der Waals surface area contributed by atoms with E-state index in [1.807, 2.05) is 13.8 Å². The van der Waals surface area contributed by atoms with Crippen LogP contribution in [-0.2, 0) is 17.9 Å². The molecule has 3 aromatic heterocycles. The molecule has 1 atom stereocenters. The molecule has 12 heteroatoms. The summed E-state index contributed by atoms with van der Waals surface area (Å²) in [4.78, 5) is 45.8. The van der Waals surface area contributed by atoms with Crippen molar-refractivity contribution in [2.24, 2.45) is 0 Å². The largest absolute Gasteiger partial charge is 0.357 e. The van der Waals surface area contributed by atoms with Gasteiger partial charge in [0.2, 0.25) is 6.41 Å². The Kier molecular flexibility index (Phi) is 10.9. The van der Waals surface area contributed by atoms with Crippen LogP contribution in [-0.4, -0.2) is 49.4 Å². The summed E-state index contributed by atoms with van der Waals surface area (Å²) in [6, 6.07) is 9.58. The Bertz CT molecular complexity index is 1480. The summed E-state index contributed by atoms with van der Waals surface area (Å²) in [5.41, 5.74) is 2.98. The van der Waals surface area contributed by atoms with Gasteiger partial charge in [0, 0.05) is 29.9 Å². The van der Waals surface area contributed by atoms with Gasteiger partial charge < -0.3 is 15.2 Å². The van der Waals surface area contributed by atoms with Crippen molar-refractivity contribution in [3.8, 4) is 0 Å². The van der Waals surface area contributed by atoms with E-state index in [1.165, 1.54) is 18.3 Å². The molecule has 0 fully saturated rings. The van der Waals surface area contributed by atoms with E-state index < -0.39 is 5.91 Å². The topological polar surface area (TPSA) is 125 Å². The molecule has 1 aromatic carbocycles. The lowest BCUT2D eigenvalue weighted by Crippen LogP contribution is -2.38. The number of H-pyrrole nitrogens is 1. The molecule has 41 heavy (non-hydrogen) atoms. The van der Waals surface area contributed by atoms with Gasteiger partial charge in [-0.25, -0.2) is 9.37 Å². The first-order chi connectivity index (χ1) is 19.8. The van der Waals surface area contributed by atoms with Crippen LogP contribution in [0.1, 0.15) is 57.6 Å². The van der Waals surface area contributed by atoms with Crippen LogP contribution in [0, 0.1) is 5.82 Å². The van der Waals surface area contributed by atoms with Crippen molar-refractivity contribution in [3.05, 3.63) is 109 Å². The number of hydrogen-bond acceptors (Lipinski definition) is 6. The lowest BCUT2D eigenvalue weighted by molar-refractivity contribution is -0.105. The maximum atomic E-state index is 13.4. The molecule has 0 saturated heterocycles. The highest BCUT2D eigenvalue weighted by Crippen LogP contribution is 2.33. The number of benzene rings is 1. The monoisotopic (exact) mass is 577 g/mol. The first-order valence-electron chi connectivity index (χ1n) is 12.7. The molecule has 4 aromatic rings. The van der Waals surface area contributed by atoms with Crippen molar-refractivity contribution < 1.29 is 18.8 Å². The molecule has 1 aliphatic heterocycles. The second kappa shape index (κ2) is 14.5. The summed E-state index contributed by atoms with van der Waals surface area (Å²) in [5, 5.41) is 10.6. The van der Waals surface area contributed by atoms with Crippen LogP contribution in [0.2, 0.25) is 0 Å². The molecule has 1 aliphatic rings. The number of carbonyl (C=O) groups excluding carboxylic acids is 3. The fourth-order valence-electron chi connectivity index (χ4n) is 4.36. The zero-order valence-corrected chi connectivity index (χ0v) is 23.7. The first kappa shape index (κ1) is 30.7. The van der Waals surface area contributed by atoms with Crippen molar-refractivity contribution in [1.82, 2.24) is 24.6 Å². The van der Waals surface area contributed by atoms with Crippen LogP contribution in [0.25, 0.3) is 0 Å². The Morgan fingerprint density at radius 1 is 1.24 bits per heavy atom. The van der Waals surface area contributed by atoms with Gasteiger partial charge in [-0.1, -0.05) is 36.5 Å². The summed E-state index contributed by atoms with van der Waals surface area (Å²) >= 11 is 1.11. The average Bonchev–Trinajstić information content (AvgIpc) is 3.73. The van der Waals surface area contributed by atoms with Crippen molar-refractivity contribution >= 4 is 39.7 Å². The number of allylic oxidation sites excluding steroid dienone is 1. The molecular formula is C29H32FN7O3S. The predicted molar refractivity (Wildman–Crippen MR) is 159 cm³/mol. The smallest absolute Gasteiger partial charge is 0.278 e. The van der Waals surface area contributed by atoms with Crippen LogP contribution in [0.3, 0.4) is 0 Å². The Hall–Kier alpha value is -4.84. The SMILES string of the molecule is C=C.C=CC.CC1CN(C(=O)c2ccc[nH]2)Cc2c(C(=O)Nc3ncc(NC=O)s3)nn(Cc3ccc(F)cc3)c21. The Labute approximate surface area is 241 Å². The first-order valence-corrected chi connectivity index (χ1v) is 13.5. The quantitative estimate of drug-likeness (QED) is 0.200. The number of hydrogen-bond donors (Lipinski definition) is 3. The molecule has 3 amide bonds. The number of fused-ring (bicyclic) bond motifs is 1. The van der Waals surface area contributed by atoms with Crippen molar-refractivity contribution in [1.29, 1.82) is 0 Å². The number of rotatable bonds is 7. The van der Waals surface area contributed by atoms with Gasteiger partial charge in [0.25, 0.3) is 11.8 Å². The third-order valence-electron chi connectivity index (χ3n) is 5.91. The van der Waals surface area contributed by atoms with Crippen LogP contribution in [0.4, 0.5) is 14.5 Å². The van der Waals surface area contributed by atoms with Crippen LogP contribution < -0.4 is 10.6 Å². The van der Waals surface area contributed by atoms with E-state index in [1.54, 1.807) is 46.1 Å². The molecule has 214 valence electrons. The van der Waals surface area contributed by atoms with E-state index in [4.69, 9.17) is 0 Å². The molecule has 0 radical (unpaired) electrons. The minimum atomic E-state index is -0.475. The lowest BCUT2D eigenvalue weighted by atomic mass is 9.95. The highest BCUT2D eigenvalue weighted by atomic mass is 32.1. The zero-order valence-electron chi connectivity index (χ0n) is 22.9. The number of anilines is 2. The van der Waals surface area contributed by atoms with E-state index in [0.717, 1.165) is 22.6 Å². The van der Waals surface area contributed by atoms with Crippen molar-refractivity contribution in [2.45, 2.75) is 32.9 Å². The van der Waals surface area contributed by atoms with E-state index in [0.29, 0.717) is 40.9 Å². The second-order valence-corrected chi connectivity index (χ2v) is 9.85. The Morgan fingerprint density at radius 2 is 1.95 bits per heavy atom. The Balaban J connectivity index is 0.000000868. The molecule has 3 N–H and O–H groups in total. The van der Waals surface area contributed by atoms with Gasteiger partial charge in [0.1, 0.15) is 16.5 Å². The average molecular weight is 578 g/mol. The molecule has 10 nitrogen and oxygen atoms in total. The van der Waals surface area contributed by atoms with Gasteiger partial charge in [-0.05, 0) is 36.8 Å². The summed E-state index contributed by atoms with van der Waals surface area (Å²) in [6.07, 6.45) is 5.41. The van der Waals surface area contributed by atoms with E-state index >= 15 is 0 Å². The number of nitrogens with zero attached hydrogens (tertiary/aromatic N) is 4. The standard InChI is InChI=1S/C24H22FN7O3S.C3H6.C2H4/c1-14-10-31(23(35)18-3-2-8-26-18)12-17-20(22(34)29-24-27-9-19(36-24)28-13-33)30-32(21(14)17)11-15-4-6-16(25)7-5-15;1-3-2;1-2/h2-9,13-14,26H,10-12H2,1H3,(H,28,33)(H,27,29,34);3H,1H2,2H3;1-2H2. The fourth-order valence-corrected chi connectivity index (χ4v) is 5.03. The fraction of sp³-hybridized carbons (Fsp3) is 0.207. The van der Waals surface area contributed by atoms with E-state index in [2.05, 4.69) is 45.4 Å². The third kappa shape index (κ3) is 7.42. The van der Waals surface area contributed by atoms with Gasteiger partial charge in [0.05, 0.1) is 19.3 Å². The molecule has 0 aliphatic carbocycles. The van der Waals surface area contributed by atoms with Crippen LogP contribution in [0.15, 0.2) is 74.6 Å². The lowest BCUT2D eigenvalue weighted by Gasteiger charge is -2.32. The number of amides is 3. The van der Waals surface area contributed by atoms with Crippen LogP contribution in [0.5, 0.6) is 0 Å². The summed E-state index contributed by atoms with van der Waals surface area (Å²) < 4.78 is 15.2. The highest BCUT2D eigenvalue weighted by Gasteiger charge is 2.34. The van der Waals surface area contributed by atoms with Gasteiger partial charge in [-0.3, -0.25) is 24.4 Å². The molecule has 4 heterocycles. The molecule has 0 spiro atoms. The number of carbonyl (C=O) groups is 3. The molecular weight excluding hydrogens is 545 g/mol. The van der Waals surface area contributed by atoms with Crippen molar-refractivity contribution in [2.75, 3.05) is 17.2 Å². The van der Waals surface area contributed by atoms with Gasteiger partial charge in [-0.15, -0.1) is 19.7 Å². The van der Waals surface area contributed by atoms with Gasteiger partial charge in [0.15, 0.2) is 10.8 Å². The number of aromatic nitrogens is 4. The molecule has 0 saturated carbocycles. The normalized spacial score (nSPS) is 13.4. The third-order valence-corrected chi connectivity index (χ3v) is 6.75. The van der Waals surface area contributed by atoms with Crippen LogP contribution >= 0.6 is 11.3 Å². The van der Waals surface area contributed by atoms with E-state index in [9.17, 15) is 18.8 Å².